The quantitative estimate of drug-likeness (QED) is 0.732. The number of nitrogens with one attached hydrogen (secondary N) is 1. The van der Waals surface area contributed by atoms with E-state index in [0.717, 1.165) is 11.3 Å². The number of benzene rings is 1. The standard InChI is InChI=1S/C17H18BrClN2O2/c1-11(2)10-23-15-6-4-3-5-12(15)8-21-17(22)14-7-13(18)9-20-16(14)19/h3-7,9,11H,8,10H2,1-2H3,(H,21,22). The van der Waals surface area contributed by atoms with Crippen LogP contribution in [0.25, 0.3) is 0 Å². The lowest BCUT2D eigenvalue weighted by molar-refractivity contribution is 0.0950. The zero-order chi connectivity index (χ0) is 16.8. The summed E-state index contributed by atoms with van der Waals surface area (Å²) in [5, 5.41) is 3.02. The van der Waals surface area contributed by atoms with Crippen molar-refractivity contribution in [3.8, 4) is 5.75 Å². The summed E-state index contributed by atoms with van der Waals surface area (Å²) < 4.78 is 6.48. The Balaban J connectivity index is 2.06. The van der Waals surface area contributed by atoms with Crippen LogP contribution < -0.4 is 10.1 Å². The van der Waals surface area contributed by atoms with Gasteiger partial charge in [-0.15, -0.1) is 0 Å². The van der Waals surface area contributed by atoms with E-state index in [9.17, 15) is 4.79 Å². The molecule has 0 unspecified atom stereocenters. The van der Waals surface area contributed by atoms with Gasteiger partial charge < -0.3 is 10.1 Å². The van der Waals surface area contributed by atoms with Gasteiger partial charge in [0.2, 0.25) is 0 Å². The Morgan fingerprint density at radius 1 is 1.39 bits per heavy atom. The van der Waals surface area contributed by atoms with Crippen molar-refractivity contribution in [3.63, 3.8) is 0 Å². The maximum Gasteiger partial charge on any atom is 0.254 e. The number of hydrogen-bond donors (Lipinski definition) is 1. The molecule has 0 radical (unpaired) electrons. The number of rotatable bonds is 6. The molecule has 4 nitrogen and oxygen atoms in total. The second kappa shape index (κ2) is 8.31. The molecule has 1 heterocycles. The van der Waals surface area contributed by atoms with Crippen LogP contribution >= 0.6 is 27.5 Å². The van der Waals surface area contributed by atoms with Crippen LogP contribution in [0.2, 0.25) is 5.15 Å². The van der Waals surface area contributed by atoms with Crippen molar-refractivity contribution in [1.29, 1.82) is 0 Å². The highest BCUT2D eigenvalue weighted by atomic mass is 79.9. The van der Waals surface area contributed by atoms with E-state index in [1.807, 2.05) is 24.3 Å². The normalized spacial score (nSPS) is 10.7. The van der Waals surface area contributed by atoms with Gasteiger partial charge in [-0.1, -0.05) is 43.6 Å². The highest BCUT2D eigenvalue weighted by Crippen LogP contribution is 2.20. The van der Waals surface area contributed by atoms with Gasteiger partial charge in [0, 0.05) is 22.8 Å². The predicted molar refractivity (Wildman–Crippen MR) is 94.9 cm³/mol. The van der Waals surface area contributed by atoms with Gasteiger partial charge in [-0.25, -0.2) is 4.98 Å². The van der Waals surface area contributed by atoms with Crippen molar-refractivity contribution < 1.29 is 9.53 Å². The molecule has 2 aromatic rings. The zero-order valence-corrected chi connectivity index (χ0v) is 15.3. The fourth-order valence-corrected chi connectivity index (χ4v) is 2.42. The zero-order valence-electron chi connectivity index (χ0n) is 13.0. The molecule has 6 heteroatoms. The van der Waals surface area contributed by atoms with E-state index in [1.54, 1.807) is 12.3 Å². The van der Waals surface area contributed by atoms with Crippen LogP contribution in [0.15, 0.2) is 41.0 Å². The van der Waals surface area contributed by atoms with E-state index >= 15 is 0 Å². The molecule has 1 aromatic heterocycles. The van der Waals surface area contributed by atoms with E-state index < -0.39 is 0 Å². The number of halogens is 2. The number of aromatic nitrogens is 1. The Morgan fingerprint density at radius 2 is 2.13 bits per heavy atom. The minimum absolute atomic E-state index is 0.176. The van der Waals surface area contributed by atoms with Crippen LogP contribution in [-0.2, 0) is 6.54 Å². The van der Waals surface area contributed by atoms with Gasteiger partial charge in [-0.05, 0) is 34.0 Å². The number of carbonyl (C=O) groups excluding carboxylic acids is 1. The van der Waals surface area contributed by atoms with Gasteiger partial charge in [0.15, 0.2) is 0 Å². The minimum atomic E-state index is -0.275. The summed E-state index contributed by atoms with van der Waals surface area (Å²) in [6.07, 6.45) is 1.55. The Kier molecular flexibility index (Phi) is 6.42. The molecule has 0 aliphatic rings. The second-order valence-electron chi connectivity index (χ2n) is 5.49. The van der Waals surface area contributed by atoms with Crippen molar-refractivity contribution >= 4 is 33.4 Å². The molecular formula is C17H18BrClN2O2. The number of amides is 1. The number of ether oxygens (including phenoxy) is 1. The Morgan fingerprint density at radius 3 is 2.87 bits per heavy atom. The van der Waals surface area contributed by atoms with Gasteiger partial charge in [0.1, 0.15) is 10.9 Å². The van der Waals surface area contributed by atoms with Crippen molar-refractivity contribution in [3.05, 3.63) is 57.3 Å². The largest absolute Gasteiger partial charge is 0.493 e. The highest BCUT2D eigenvalue weighted by Gasteiger charge is 2.13. The Bertz CT molecular complexity index is 692. The van der Waals surface area contributed by atoms with Crippen LogP contribution in [0.1, 0.15) is 29.8 Å². The molecule has 2 rings (SSSR count). The summed E-state index contributed by atoms with van der Waals surface area (Å²) in [5.74, 6) is 0.937. The first-order valence-electron chi connectivity index (χ1n) is 7.27. The lowest BCUT2D eigenvalue weighted by Gasteiger charge is -2.14. The Labute approximate surface area is 149 Å². The molecule has 1 amide bonds. The number of nitrogens with zero attached hydrogens (tertiary/aromatic N) is 1. The first kappa shape index (κ1) is 17.8. The fourth-order valence-electron chi connectivity index (χ4n) is 1.90. The van der Waals surface area contributed by atoms with E-state index in [4.69, 9.17) is 16.3 Å². The summed E-state index contributed by atoms with van der Waals surface area (Å²) in [6, 6.07) is 9.30. The van der Waals surface area contributed by atoms with Gasteiger partial charge in [0.05, 0.1) is 12.2 Å². The average Bonchev–Trinajstić information content (AvgIpc) is 2.53. The van der Waals surface area contributed by atoms with E-state index in [0.29, 0.717) is 29.1 Å². The van der Waals surface area contributed by atoms with Crippen molar-refractivity contribution in [2.45, 2.75) is 20.4 Å². The maximum absolute atomic E-state index is 12.3. The van der Waals surface area contributed by atoms with Crippen molar-refractivity contribution in [2.24, 2.45) is 5.92 Å². The summed E-state index contributed by atoms with van der Waals surface area (Å²) >= 11 is 9.26. The van der Waals surface area contributed by atoms with Crippen molar-refractivity contribution in [1.82, 2.24) is 10.3 Å². The molecule has 1 aromatic carbocycles. The minimum Gasteiger partial charge on any atom is -0.493 e. The molecule has 0 spiro atoms. The summed E-state index contributed by atoms with van der Waals surface area (Å²) in [6.45, 7) is 5.17. The van der Waals surface area contributed by atoms with Crippen LogP contribution in [0.5, 0.6) is 5.75 Å². The van der Waals surface area contributed by atoms with Crippen LogP contribution in [-0.4, -0.2) is 17.5 Å². The monoisotopic (exact) mass is 396 g/mol. The van der Waals surface area contributed by atoms with Gasteiger partial charge in [-0.2, -0.15) is 0 Å². The van der Waals surface area contributed by atoms with Crippen molar-refractivity contribution in [2.75, 3.05) is 6.61 Å². The molecule has 0 bridgehead atoms. The van der Waals surface area contributed by atoms with Crippen LogP contribution in [0.3, 0.4) is 0 Å². The van der Waals surface area contributed by atoms with Gasteiger partial charge in [0.25, 0.3) is 5.91 Å². The SMILES string of the molecule is CC(C)COc1ccccc1CNC(=O)c1cc(Br)cnc1Cl. The lowest BCUT2D eigenvalue weighted by atomic mass is 10.2. The molecule has 0 saturated heterocycles. The third-order valence-corrected chi connectivity index (χ3v) is 3.77. The third kappa shape index (κ3) is 5.22. The molecule has 23 heavy (non-hydrogen) atoms. The summed E-state index contributed by atoms with van der Waals surface area (Å²) in [5.41, 5.74) is 1.25. The maximum atomic E-state index is 12.3. The molecule has 0 saturated carbocycles. The molecule has 1 N–H and O–H groups in total. The number of hydrogen-bond acceptors (Lipinski definition) is 3. The first-order chi connectivity index (χ1) is 11.0. The lowest BCUT2D eigenvalue weighted by Crippen LogP contribution is -2.24. The van der Waals surface area contributed by atoms with E-state index in [2.05, 4.69) is 40.1 Å². The highest BCUT2D eigenvalue weighted by molar-refractivity contribution is 9.10. The summed E-state index contributed by atoms with van der Waals surface area (Å²) in [7, 11) is 0. The molecule has 0 aliphatic carbocycles. The van der Waals surface area contributed by atoms with Gasteiger partial charge >= 0.3 is 0 Å². The Hall–Kier alpha value is -1.59. The third-order valence-electron chi connectivity index (χ3n) is 3.03. The second-order valence-corrected chi connectivity index (χ2v) is 6.76. The summed E-state index contributed by atoms with van der Waals surface area (Å²) in [4.78, 5) is 16.2. The molecule has 0 fully saturated rings. The average molecular weight is 398 g/mol. The first-order valence-corrected chi connectivity index (χ1v) is 8.44. The van der Waals surface area contributed by atoms with Crippen LogP contribution in [0.4, 0.5) is 0 Å². The smallest absolute Gasteiger partial charge is 0.254 e. The fraction of sp³-hybridized carbons (Fsp3) is 0.294. The predicted octanol–water partition coefficient (Wildman–Crippen LogP) is 4.46. The number of pyridine rings is 1. The number of carbonyl (C=O) groups is 1. The van der Waals surface area contributed by atoms with E-state index in [1.165, 1.54) is 0 Å². The molecule has 0 atom stereocenters. The van der Waals surface area contributed by atoms with Crippen LogP contribution in [0, 0.1) is 5.92 Å². The van der Waals surface area contributed by atoms with Gasteiger partial charge in [-0.3, -0.25) is 4.79 Å². The number of para-hydroxylation sites is 1. The molecule has 122 valence electrons. The molecular weight excluding hydrogens is 380 g/mol. The van der Waals surface area contributed by atoms with E-state index in [-0.39, 0.29) is 11.1 Å². The topological polar surface area (TPSA) is 51.2 Å². The molecule has 0 aliphatic heterocycles.